The molecule has 0 aliphatic carbocycles. The summed E-state index contributed by atoms with van der Waals surface area (Å²) in [4.78, 5) is 11.4. The molecule has 0 N–H and O–H groups in total. The van der Waals surface area contributed by atoms with Gasteiger partial charge in [-0.2, -0.15) is 0 Å². The molecule has 0 bridgehead atoms. The summed E-state index contributed by atoms with van der Waals surface area (Å²) in [5, 5.41) is 3.77. The predicted octanol–water partition coefficient (Wildman–Crippen LogP) is 1.05. The average Bonchev–Trinajstić information content (AvgIpc) is 2.12. The molecule has 2 nitrogen and oxygen atoms in total. The van der Waals surface area contributed by atoms with Gasteiger partial charge >= 0.3 is 0 Å². The second kappa shape index (κ2) is 2.68. The molecule has 1 aliphatic rings. The third-order valence-electron chi connectivity index (χ3n) is 1.85. The number of carbonyl (C=O) groups is 1. The Labute approximate surface area is 75.6 Å². The average molecular weight is 176 g/mol. The second-order valence-electron chi connectivity index (χ2n) is 2.61. The molecule has 0 atom stereocenters. The van der Waals surface area contributed by atoms with Crippen molar-refractivity contribution >= 4 is 23.0 Å². The quantitative estimate of drug-likeness (QED) is 0.553. The fourth-order valence-electron chi connectivity index (χ4n) is 1.22. The summed E-state index contributed by atoms with van der Waals surface area (Å²) in [6.45, 7) is 0.467. The van der Waals surface area contributed by atoms with Gasteiger partial charge in [0.25, 0.3) is 5.91 Å². The Bertz CT molecular complexity index is 359. The molecule has 12 heavy (non-hydrogen) atoms. The van der Waals surface area contributed by atoms with Gasteiger partial charge in [0, 0.05) is 5.56 Å². The van der Waals surface area contributed by atoms with E-state index in [1.54, 1.807) is 0 Å². The van der Waals surface area contributed by atoms with E-state index >= 15 is 0 Å². The van der Waals surface area contributed by atoms with E-state index in [2.05, 4.69) is 5.32 Å². The summed E-state index contributed by atoms with van der Waals surface area (Å²) in [7, 11) is 0. The smallest absolute Gasteiger partial charge is 0.266 e. The Morgan fingerprint density at radius 2 is 2.08 bits per heavy atom. The lowest BCUT2D eigenvalue weighted by atomic mass is 10.0. The zero-order chi connectivity index (χ0) is 8.55. The molecule has 0 unspecified atom stereocenters. The van der Waals surface area contributed by atoms with Gasteiger partial charge in [0.15, 0.2) is 0 Å². The monoisotopic (exact) mass is 176 g/mol. The van der Waals surface area contributed by atoms with E-state index in [0.29, 0.717) is 11.4 Å². The van der Waals surface area contributed by atoms with Crippen LogP contribution in [0.1, 0.15) is 11.1 Å². The Kier molecular flexibility index (Phi) is 1.66. The summed E-state index contributed by atoms with van der Waals surface area (Å²) in [5.41, 5.74) is 1.91. The first-order valence-corrected chi connectivity index (χ1v) is 4.04. The lowest BCUT2D eigenvalue weighted by Crippen LogP contribution is -2.30. The number of rotatable bonds is 0. The summed E-state index contributed by atoms with van der Waals surface area (Å²) in [6.07, 6.45) is 0. The summed E-state index contributed by atoms with van der Waals surface area (Å²) in [5.74, 6) is -0.260. The lowest BCUT2D eigenvalue weighted by Gasteiger charge is -2.14. The molecule has 1 aliphatic heterocycles. The van der Waals surface area contributed by atoms with Gasteiger partial charge in [-0.05, 0) is 5.56 Å². The highest BCUT2D eigenvalue weighted by molar-refractivity contribution is 7.82. The van der Waals surface area contributed by atoms with Crippen molar-refractivity contribution in [1.82, 2.24) is 5.32 Å². The fourth-order valence-corrected chi connectivity index (χ4v) is 1.49. The first kappa shape index (κ1) is 7.43. The molecular weight excluding hydrogens is 170 g/mol. The molecule has 2 rings (SSSR count). The highest BCUT2D eigenvalue weighted by Crippen LogP contribution is 2.14. The number of hydrogen-bond donors (Lipinski definition) is 0. The predicted molar refractivity (Wildman–Crippen MR) is 49.0 cm³/mol. The van der Waals surface area contributed by atoms with Crippen molar-refractivity contribution in [3.8, 4) is 0 Å². The van der Waals surface area contributed by atoms with Gasteiger partial charge in [-0.3, -0.25) is 4.79 Å². The van der Waals surface area contributed by atoms with Crippen molar-refractivity contribution in [2.24, 2.45) is 0 Å². The third-order valence-corrected chi connectivity index (χ3v) is 2.24. The van der Waals surface area contributed by atoms with Crippen LogP contribution in [0.3, 0.4) is 0 Å². The number of thiocarbonyl (C=S) groups is 1. The molecule has 1 radical (unpaired) electrons. The Hall–Kier alpha value is -1.22. The van der Waals surface area contributed by atoms with Crippen molar-refractivity contribution in [3.63, 3.8) is 0 Å². The van der Waals surface area contributed by atoms with Crippen LogP contribution in [0, 0.1) is 0 Å². The first-order chi connectivity index (χ1) is 5.79. The highest BCUT2D eigenvalue weighted by Gasteiger charge is 2.21. The van der Waals surface area contributed by atoms with Crippen LogP contribution in [0.2, 0.25) is 0 Å². The van der Waals surface area contributed by atoms with Crippen molar-refractivity contribution in [3.05, 3.63) is 35.4 Å². The Morgan fingerprint density at radius 3 is 2.92 bits per heavy atom. The van der Waals surface area contributed by atoms with Gasteiger partial charge in [0.2, 0.25) is 0 Å². The third kappa shape index (κ3) is 1.02. The SMILES string of the molecule is O=C1[N]Cc2ccccc2C1=S. The molecule has 1 aromatic rings. The normalized spacial score (nSPS) is 15.3. The molecule has 0 spiro atoms. The zero-order valence-corrected chi connectivity index (χ0v) is 7.10. The summed E-state index contributed by atoms with van der Waals surface area (Å²) < 4.78 is 0. The van der Waals surface area contributed by atoms with Crippen molar-refractivity contribution in [2.45, 2.75) is 6.54 Å². The van der Waals surface area contributed by atoms with Crippen molar-refractivity contribution in [2.75, 3.05) is 0 Å². The minimum Gasteiger partial charge on any atom is -0.266 e. The largest absolute Gasteiger partial charge is 0.284 e. The van der Waals surface area contributed by atoms with Crippen LogP contribution in [-0.2, 0) is 11.3 Å². The van der Waals surface area contributed by atoms with E-state index in [1.807, 2.05) is 24.3 Å². The summed E-state index contributed by atoms with van der Waals surface area (Å²) >= 11 is 4.94. The van der Waals surface area contributed by atoms with Gasteiger partial charge in [-0.25, -0.2) is 5.32 Å². The minimum atomic E-state index is -0.260. The zero-order valence-electron chi connectivity index (χ0n) is 6.28. The van der Waals surface area contributed by atoms with Crippen molar-refractivity contribution in [1.29, 1.82) is 0 Å². The van der Waals surface area contributed by atoms with Crippen LogP contribution < -0.4 is 5.32 Å². The maximum atomic E-state index is 11.0. The molecule has 59 valence electrons. The van der Waals surface area contributed by atoms with Gasteiger partial charge in [-0.15, -0.1) is 0 Å². The van der Waals surface area contributed by atoms with E-state index in [-0.39, 0.29) is 5.91 Å². The van der Waals surface area contributed by atoms with E-state index in [9.17, 15) is 4.79 Å². The Morgan fingerprint density at radius 1 is 1.33 bits per heavy atom. The Balaban J connectivity index is 2.56. The van der Waals surface area contributed by atoms with Crippen LogP contribution in [0.15, 0.2) is 24.3 Å². The maximum absolute atomic E-state index is 11.0. The first-order valence-electron chi connectivity index (χ1n) is 3.63. The standard InChI is InChI=1S/C9H6NOS/c11-9-8(12)7-4-2-1-3-6(7)5-10-9/h1-4H,5H2. The second-order valence-corrected chi connectivity index (χ2v) is 3.02. The van der Waals surface area contributed by atoms with E-state index < -0.39 is 0 Å². The minimum absolute atomic E-state index is 0.260. The molecule has 0 aromatic heterocycles. The van der Waals surface area contributed by atoms with Crippen LogP contribution in [0.25, 0.3) is 0 Å². The van der Waals surface area contributed by atoms with Crippen LogP contribution in [-0.4, -0.2) is 10.8 Å². The summed E-state index contributed by atoms with van der Waals surface area (Å²) in [6, 6.07) is 7.61. The van der Waals surface area contributed by atoms with Crippen LogP contribution in [0.4, 0.5) is 0 Å². The van der Waals surface area contributed by atoms with E-state index in [1.165, 1.54) is 0 Å². The molecule has 0 fully saturated rings. The van der Waals surface area contributed by atoms with Crippen LogP contribution >= 0.6 is 12.2 Å². The fraction of sp³-hybridized carbons (Fsp3) is 0.111. The molecule has 0 saturated heterocycles. The number of nitrogens with zero attached hydrogens (tertiary/aromatic N) is 1. The van der Waals surface area contributed by atoms with E-state index in [4.69, 9.17) is 12.2 Å². The van der Waals surface area contributed by atoms with Gasteiger partial charge in [-0.1, -0.05) is 36.5 Å². The molecule has 3 heteroatoms. The number of amides is 1. The number of carbonyl (C=O) groups excluding carboxylic acids is 1. The van der Waals surface area contributed by atoms with Gasteiger partial charge in [0.05, 0.1) is 6.54 Å². The lowest BCUT2D eigenvalue weighted by molar-refractivity contribution is -0.115. The topological polar surface area (TPSA) is 31.2 Å². The van der Waals surface area contributed by atoms with Gasteiger partial charge in [0.1, 0.15) is 4.86 Å². The van der Waals surface area contributed by atoms with Crippen LogP contribution in [0.5, 0.6) is 0 Å². The number of hydrogen-bond acceptors (Lipinski definition) is 2. The number of benzene rings is 1. The highest BCUT2D eigenvalue weighted by atomic mass is 32.1. The molecule has 1 aromatic carbocycles. The van der Waals surface area contributed by atoms with Gasteiger partial charge < -0.3 is 0 Å². The van der Waals surface area contributed by atoms with E-state index in [0.717, 1.165) is 11.1 Å². The molecule has 0 saturated carbocycles. The molecular formula is C9H6NOS. The van der Waals surface area contributed by atoms with Crippen molar-refractivity contribution < 1.29 is 4.79 Å². The number of fused-ring (bicyclic) bond motifs is 1. The maximum Gasteiger partial charge on any atom is 0.284 e. The molecule has 1 heterocycles. The molecule has 1 amide bonds.